The topological polar surface area (TPSA) is 45.2 Å². The van der Waals surface area contributed by atoms with E-state index < -0.39 is 0 Å². The van der Waals surface area contributed by atoms with Crippen LogP contribution in [0.5, 0.6) is 0 Å². The number of nitrogens with zero attached hydrogens (tertiary/aromatic N) is 2. The number of hydrogen-bond acceptors (Lipinski definition) is 4. The van der Waals surface area contributed by atoms with Crippen LogP contribution in [-0.4, -0.2) is 28.9 Å². The summed E-state index contributed by atoms with van der Waals surface area (Å²) in [6.07, 6.45) is 3.82. The molecule has 3 aromatic rings. The Hall–Kier alpha value is -2.50. The minimum absolute atomic E-state index is 0.0427. The molecule has 1 unspecified atom stereocenters. The number of rotatable bonds is 5. The lowest BCUT2D eigenvalue weighted by molar-refractivity contribution is -0.121. The standard InChI is InChI=1S/C22H23N3OS/c26-21(24-20-10-8-18(9-11-20)22-23-12-14-27-22)19-7-4-13-25(16-19)15-17-5-2-1-3-6-17/h1-3,5-6,8-12,14,19H,4,7,13,15-16H2,(H,24,26). The number of hydrogen-bond donors (Lipinski definition) is 1. The van der Waals surface area contributed by atoms with Crippen LogP contribution in [0.3, 0.4) is 0 Å². The summed E-state index contributed by atoms with van der Waals surface area (Å²) in [6, 6.07) is 18.4. The van der Waals surface area contributed by atoms with Crippen LogP contribution >= 0.6 is 11.3 Å². The van der Waals surface area contributed by atoms with Gasteiger partial charge in [-0.15, -0.1) is 11.3 Å². The summed E-state index contributed by atoms with van der Waals surface area (Å²) in [6.45, 7) is 2.78. The molecule has 1 aromatic heterocycles. The molecule has 27 heavy (non-hydrogen) atoms. The van der Waals surface area contributed by atoms with Crippen LogP contribution in [0.25, 0.3) is 10.6 Å². The minimum Gasteiger partial charge on any atom is -0.326 e. The molecule has 1 N–H and O–H groups in total. The number of anilines is 1. The predicted molar refractivity (Wildman–Crippen MR) is 111 cm³/mol. The van der Waals surface area contributed by atoms with E-state index in [2.05, 4.69) is 39.5 Å². The monoisotopic (exact) mass is 377 g/mol. The summed E-state index contributed by atoms with van der Waals surface area (Å²) >= 11 is 1.62. The van der Waals surface area contributed by atoms with Gasteiger partial charge in [-0.25, -0.2) is 4.98 Å². The largest absolute Gasteiger partial charge is 0.326 e. The first kappa shape index (κ1) is 17.9. The summed E-state index contributed by atoms with van der Waals surface area (Å²) in [5.74, 6) is 0.163. The van der Waals surface area contributed by atoms with Crippen molar-refractivity contribution in [3.05, 3.63) is 71.7 Å². The second-order valence-electron chi connectivity index (χ2n) is 6.96. The van der Waals surface area contributed by atoms with Gasteiger partial charge in [0.15, 0.2) is 0 Å². The van der Waals surface area contributed by atoms with E-state index in [0.29, 0.717) is 0 Å². The summed E-state index contributed by atoms with van der Waals surface area (Å²) < 4.78 is 0. The van der Waals surface area contributed by atoms with E-state index in [-0.39, 0.29) is 11.8 Å². The van der Waals surface area contributed by atoms with Gasteiger partial charge >= 0.3 is 0 Å². The van der Waals surface area contributed by atoms with Gasteiger partial charge < -0.3 is 5.32 Å². The fraction of sp³-hybridized carbons (Fsp3) is 0.273. The van der Waals surface area contributed by atoms with Crippen molar-refractivity contribution in [2.45, 2.75) is 19.4 Å². The van der Waals surface area contributed by atoms with Gasteiger partial charge in [-0.05, 0) is 49.2 Å². The first-order chi connectivity index (χ1) is 13.3. The number of thiazole rings is 1. The highest BCUT2D eigenvalue weighted by molar-refractivity contribution is 7.13. The summed E-state index contributed by atoms with van der Waals surface area (Å²) in [7, 11) is 0. The van der Waals surface area contributed by atoms with Gasteiger partial charge in [-0.3, -0.25) is 9.69 Å². The van der Waals surface area contributed by atoms with E-state index in [1.807, 2.05) is 35.7 Å². The van der Waals surface area contributed by atoms with Crippen LogP contribution in [-0.2, 0) is 11.3 Å². The number of carbonyl (C=O) groups is 1. The minimum atomic E-state index is 0.0427. The molecule has 0 saturated carbocycles. The third-order valence-corrected chi connectivity index (χ3v) is 5.78. The average Bonchev–Trinajstić information content (AvgIpc) is 3.24. The molecule has 5 heteroatoms. The van der Waals surface area contributed by atoms with Crippen molar-refractivity contribution >= 4 is 22.9 Å². The molecular formula is C22H23N3OS. The van der Waals surface area contributed by atoms with Crippen molar-refractivity contribution in [3.63, 3.8) is 0 Å². The van der Waals surface area contributed by atoms with Crippen LogP contribution < -0.4 is 5.32 Å². The molecule has 1 aliphatic heterocycles. The first-order valence-corrected chi connectivity index (χ1v) is 10.2. The van der Waals surface area contributed by atoms with Gasteiger partial charge in [-0.2, -0.15) is 0 Å². The Kier molecular flexibility index (Phi) is 5.61. The van der Waals surface area contributed by atoms with Crippen LogP contribution in [0.1, 0.15) is 18.4 Å². The van der Waals surface area contributed by atoms with Crippen LogP contribution in [0.4, 0.5) is 5.69 Å². The molecular weight excluding hydrogens is 354 g/mol. The lowest BCUT2D eigenvalue weighted by Gasteiger charge is -2.32. The molecule has 1 fully saturated rings. The number of likely N-dealkylation sites (tertiary alicyclic amines) is 1. The number of carbonyl (C=O) groups excluding carboxylic acids is 1. The quantitative estimate of drug-likeness (QED) is 0.703. The molecule has 138 valence electrons. The molecule has 4 nitrogen and oxygen atoms in total. The van der Waals surface area contributed by atoms with E-state index in [1.54, 1.807) is 17.5 Å². The van der Waals surface area contributed by atoms with Crippen molar-refractivity contribution < 1.29 is 4.79 Å². The molecule has 2 heterocycles. The molecule has 2 aromatic carbocycles. The number of benzene rings is 2. The summed E-state index contributed by atoms with van der Waals surface area (Å²) in [5, 5.41) is 6.05. The number of piperidine rings is 1. The second kappa shape index (κ2) is 8.46. The zero-order valence-electron chi connectivity index (χ0n) is 15.2. The highest BCUT2D eigenvalue weighted by atomic mass is 32.1. The SMILES string of the molecule is O=C(Nc1ccc(-c2nccs2)cc1)C1CCCN(Cc2ccccc2)C1. The molecule has 0 aliphatic carbocycles. The first-order valence-electron chi connectivity index (χ1n) is 9.35. The normalized spacial score (nSPS) is 17.6. The third-order valence-electron chi connectivity index (χ3n) is 4.96. The molecule has 0 radical (unpaired) electrons. The Morgan fingerprint density at radius 1 is 1.15 bits per heavy atom. The Morgan fingerprint density at radius 2 is 1.96 bits per heavy atom. The number of amides is 1. The van der Waals surface area contributed by atoms with Crippen molar-refractivity contribution in [2.75, 3.05) is 18.4 Å². The predicted octanol–water partition coefficient (Wildman–Crippen LogP) is 4.66. The average molecular weight is 378 g/mol. The molecule has 4 rings (SSSR count). The third kappa shape index (κ3) is 4.62. The zero-order chi connectivity index (χ0) is 18.5. The van der Waals surface area contributed by atoms with Gasteiger partial charge in [0.1, 0.15) is 5.01 Å². The van der Waals surface area contributed by atoms with E-state index in [9.17, 15) is 4.79 Å². The van der Waals surface area contributed by atoms with Crippen LogP contribution in [0, 0.1) is 5.92 Å². The lowest BCUT2D eigenvalue weighted by atomic mass is 9.96. The summed E-state index contributed by atoms with van der Waals surface area (Å²) in [5.41, 5.74) is 3.23. The van der Waals surface area contributed by atoms with Crippen LogP contribution in [0.2, 0.25) is 0 Å². The molecule has 1 amide bonds. The van der Waals surface area contributed by atoms with Crippen LogP contribution in [0.15, 0.2) is 66.2 Å². The zero-order valence-corrected chi connectivity index (χ0v) is 16.0. The Balaban J connectivity index is 1.35. The smallest absolute Gasteiger partial charge is 0.228 e. The van der Waals surface area contributed by atoms with E-state index in [4.69, 9.17) is 0 Å². The molecule has 1 atom stereocenters. The van der Waals surface area contributed by atoms with E-state index in [1.165, 1.54) is 5.56 Å². The van der Waals surface area contributed by atoms with Crippen molar-refractivity contribution in [1.29, 1.82) is 0 Å². The number of aromatic nitrogens is 1. The van der Waals surface area contributed by atoms with Crippen molar-refractivity contribution in [1.82, 2.24) is 9.88 Å². The Labute approximate surface area is 163 Å². The van der Waals surface area contributed by atoms with Gasteiger partial charge in [0, 0.05) is 35.9 Å². The second-order valence-corrected chi connectivity index (χ2v) is 7.86. The molecule has 0 spiro atoms. The van der Waals surface area contributed by atoms with Crippen molar-refractivity contribution in [2.24, 2.45) is 5.92 Å². The molecule has 0 bridgehead atoms. The highest BCUT2D eigenvalue weighted by Crippen LogP contribution is 2.24. The van der Waals surface area contributed by atoms with Gasteiger partial charge in [-0.1, -0.05) is 30.3 Å². The fourth-order valence-corrected chi connectivity index (χ4v) is 4.21. The highest BCUT2D eigenvalue weighted by Gasteiger charge is 2.25. The number of nitrogens with one attached hydrogen (secondary N) is 1. The molecule has 1 saturated heterocycles. The van der Waals surface area contributed by atoms with E-state index in [0.717, 1.165) is 48.7 Å². The van der Waals surface area contributed by atoms with E-state index >= 15 is 0 Å². The van der Waals surface area contributed by atoms with Gasteiger partial charge in [0.05, 0.1) is 5.92 Å². The van der Waals surface area contributed by atoms with Crippen molar-refractivity contribution in [3.8, 4) is 10.6 Å². The Morgan fingerprint density at radius 3 is 2.70 bits per heavy atom. The maximum Gasteiger partial charge on any atom is 0.228 e. The van der Waals surface area contributed by atoms with Gasteiger partial charge in [0.2, 0.25) is 5.91 Å². The molecule has 1 aliphatic rings. The maximum absolute atomic E-state index is 12.7. The Bertz CT molecular complexity index is 862. The lowest BCUT2D eigenvalue weighted by Crippen LogP contribution is -2.40. The van der Waals surface area contributed by atoms with Gasteiger partial charge in [0.25, 0.3) is 0 Å². The fourth-order valence-electron chi connectivity index (χ4n) is 3.56. The maximum atomic E-state index is 12.7. The summed E-state index contributed by atoms with van der Waals surface area (Å²) in [4.78, 5) is 19.4.